The second-order valence-corrected chi connectivity index (χ2v) is 24.6. The van der Waals surface area contributed by atoms with Gasteiger partial charge in [0.15, 0.2) is 23.8 Å². The molecule has 10 N–H and O–H groups in total. The second kappa shape index (κ2) is 31.8. The third-order valence-corrected chi connectivity index (χ3v) is 19.5. The lowest BCUT2D eigenvalue weighted by Crippen LogP contribution is -2.54. The van der Waals surface area contributed by atoms with Crippen LogP contribution in [-0.4, -0.2) is 175 Å². The first-order valence-corrected chi connectivity index (χ1v) is 28.5. The van der Waals surface area contributed by atoms with Crippen LogP contribution in [0.4, 0.5) is 0 Å². The molecule has 4 heterocycles. The number of Topliss-reactive ketones (excluding diaryl/α,β-unsaturated/α-hetero) is 2. The molecular weight excluding hydrogens is 1030 g/mol. The number of carbonyl (C=O) groups excluding carboxylic acids is 8. The van der Waals surface area contributed by atoms with Crippen molar-refractivity contribution >= 4 is 94.1 Å². The van der Waals surface area contributed by atoms with Gasteiger partial charge in [0.25, 0.3) is 11.8 Å². The molecule has 4 aliphatic heterocycles. The van der Waals surface area contributed by atoms with E-state index in [1.807, 2.05) is 85.0 Å². The lowest BCUT2D eigenvalue weighted by atomic mass is 10.0. The van der Waals surface area contributed by atoms with Crippen LogP contribution in [-0.2, 0) is 38.4 Å². The molecule has 23 heteroatoms. The number of rotatable bonds is 22. The Morgan fingerprint density at radius 3 is 1.45 bits per heavy atom. The first kappa shape index (κ1) is 64.1. The van der Waals surface area contributed by atoms with E-state index < -0.39 is 73.1 Å². The summed E-state index contributed by atoms with van der Waals surface area (Å²) < 4.78 is 0.0704. The van der Waals surface area contributed by atoms with Gasteiger partial charge in [-0.3, -0.25) is 43.3 Å². The van der Waals surface area contributed by atoms with Crippen molar-refractivity contribution in [1.29, 1.82) is 0 Å². The highest BCUT2D eigenvalue weighted by Gasteiger charge is 2.49. The highest BCUT2D eigenvalue weighted by Crippen LogP contribution is 2.51. The summed E-state index contributed by atoms with van der Waals surface area (Å²) in [5.41, 5.74) is 1.28. The van der Waals surface area contributed by atoms with Gasteiger partial charge >= 0.3 is 0 Å². The molecule has 6 amide bonds. The minimum absolute atomic E-state index is 0. The van der Waals surface area contributed by atoms with Gasteiger partial charge in [-0.2, -0.15) is 0 Å². The fraction of sp³-hybridized carbons (Fsp3) is 0.608. The number of thioether (sulfide) groups is 4. The van der Waals surface area contributed by atoms with Gasteiger partial charge in [0.2, 0.25) is 23.6 Å². The van der Waals surface area contributed by atoms with Gasteiger partial charge < -0.3 is 52.5 Å². The standard InChI is InChI=1S/C25H36N4O5S2.C24H34N4O5S2.CH4O.CH4/c1-4-8-18(27-23(33)19-13-25(15-29(19)3)35-11-12-36-25)22(32)24(34)26-14-20(31)28-21(16(2)30)17-9-6-5-7-10-17;1-3-7-17(27-22(32)18-12-24(14-26-18)34-10-11-35-24)21(31)23(33)25-13-19(30)28-20(15(2)29)16-8-5-4-6-9-16;1-2;/h5-7,9-10,18-19,21-22,32H,4,8,11-15H2,1-3H3,(H,26,34)(H,27,33)(H,28,31);4-6,8-9,17-18,20-21,26,31H,3,7,10-14H2,1-2H3,(H,25,33)(H,27,32)(H,28,30);2H,1H3;1H4/t18?,19-,21+,22?;17?,18-,20+,21?;;/m00../s1. The maximum absolute atomic E-state index is 13.1. The molecule has 0 saturated carbocycles. The number of likely N-dealkylation sites (tertiary alicyclic amines) is 1. The maximum atomic E-state index is 13.1. The Labute approximate surface area is 452 Å². The summed E-state index contributed by atoms with van der Waals surface area (Å²) >= 11 is 7.55. The molecule has 0 bridgehead atoms. The van der Waals surface area contributed by atoms with Crippen LogP contribution in [0, 0.1) is 0 Å². The number of benzene rings is 2. The number of hydrogen-bond acceptors (Lipinski definition) is 17. The van der Waals surface area contributed by atoms with E-state index in [2.05, 4.69) is 37.2 Å². The van der Waals surface area contributed by atoms with E-state index in [-0.39, 0.29) is 51.0 Å². The molecule has 412 valence electrons. The van der Waals surface area contributed by atoms with Gasteiger partial charge in [-0.15, -0.1) is 47.0 Å². The average molecular weight is 1110 g/mol. The summed E-state index contributed by atoms with van der Waals surface area (Å²) in [6.45, 7) is 7.34. The van der Waals surface area contributed by atoms with Gasteiger partial charge in [-0.25, -0.2) is 0 Å². The van der Waals surface area contributed by atoms with E-state index in [1.165, 1.54) is 13.8 Å². The molecule has 0 radical (unpaired) electrons. The number of nitrogens with zero attached hydrogens (tertiary/aromatic N) is 1. The highest BCUT2D eigenvalue weighted by molar-refractivity contribution is 8.21. The van der Waals surface area contributed by atoms with E-state index in [1.54, 1.807) is 48.5 Å². The largest absolute Gasteiger partial charge is 0.400 e. The number of nitrogens with one attached hydrogen (secondary N) is 7. The van der Waals surface area contributed by atoms with Gasteiger partial charge in [-0.05, 0) is 57.7 Å². The number of carbonyl (C=O) groups is 8. The molecule has 4 fully saturated rings. The molecular formula is C51H78N8O11S4. The Bertz CT molecular complexity index is 2150. The summed E-state index contributed by atoms with van der Waals surface area (Å²) in [7, 11) is 2.93. The molecule has 0 aliphatic carbocycles. The van der Waals surface area contributed by atoms with Crippen LogP contribution in [0.1, 0.15) is 96.9 Å². The zero-order valence-corrected chi connectivity index (χ0v) is 45.7. The van der Waals surface area contributed by atoms with Crippen molar-refractivity contribution in [2.24, 2.45) is 0 Å². The van der Waals surface area contributed by atoms with Crippen molar-refractivity contribution in [2.45, 2.75) is 130 Å². The predicted molar refractivity (Wildman–Crippen MR) is 295 cm³/mol. The van der Waals surface area contributed by atoms with E-state index >= 15 is 0 Å². The Kier molecular flexibility index (Phi) is 27.5. The van der Waals surface area contributed by atoms with Crippen LogP contribution in [0.15, 0.2) is 60.7 Å². The third-order valence-electron chi connectivity index (χ3n) is 12.6. The number of aliphatic hydroxyl groups excluding tert-OH is 3. The number of ketones is 2. The third kappa shape index (κ3) is 18.8. The lowest BCUT2D eigenvalue weighted by Gasteiger charge is -2.26. The van der Waals surface area contributed by atoms with Crippen LogP contribution < -0.4 is 37.2 Å². The molecule has 74 heavy (non-hydrogen) atoms. The first-order chi connectivity index (χ1) is 34.9. The average Bonchev–Trinajstić information content (AvgIpc) is 4.22. The zero-order valence-electron chi connectivity index (χ0n) is 42.5. The Balaban J connectivity index is 0.000000373. The van der Waals surface area contributed by atoms with Gasteiger partial charge in [-0.1, -0.05) is 94.8 Å². The summed E-state index contributed by atoms with van der Waals surface area (Å²) in [4.78, 5) is 102. The molecule has 4 unspecified atom stereocenters. The number of hydrogen-bond donors (Lipinski definition) is 10. The Morgan fingerprint density at radius 1 is 0.635 bits per heavy atom. The van der Waals surface area contributed by atoms with Crippen molar-refractivity contribution in [2.75, 3.05) is 63.3 Å². The summed E-state index contributed by atoms with van der Waals surface area (Å²) in [5.74, 6) is 0.788. The van der Waals surface area contributed by atoms with Crippen molar-refractivity contribution in [3.63, 3.8) is 0 Å². The van der Waals surface area contributed by atoms with Crippen molar-refractivity contribution in [1.82, 2.24) is 42.1 Å². The SMILES string of the molecule is C.CCCC(NC(=O)[C@@H]1CC2(CN1)SCCS2)C(O)C(=O)NCC(=O)N[C@H](C(C)=O)c1ccccc1.CCCC(NC(=O)[C@@H]1CC2(CN1C)SCCS2)C(O)C(=O)NCC(=O)N[C@H](C(C)=O)c1ccccc1.CO. The fourth-order valence-electron chi connectivity index (χ4n) is 8.91. The molecule has 19 nitrogen and oxygen atoms in total. The lowest BCUT2D eigenvalue weighted by molar-refractivity contribution is -0.135. The normalized spacial score (nSPS) is 20.6. The van der Waals surface area contributed by atoms with Crippen molar-refractivity contribution < 1.29 is 53.7 Å². The fourth-order valence-corrected chi connectivity index (χ4v) is 15.5. The second-order valence-electron chi connectivity index (χ2n) is 18.2. The van der Waals surface area contributed by atoms with E-state index in [9.17, 15) is 48.6 Å². The molecule has 2 aromatic rings. The van der Waals surface area contributed by atoms with Crippen LogP contribution in [0.25, 0.3) is 0 Å². The number of aliphatic hydroxyl groups is 3. The maximum Gasteiger partial charge on any atom is 0.251 e. The highest BCUT2D eigenvalue weighted by atomic mass is 32.2. The topological polar surface area (TPSA) is 285 Å². The van der Waals surface area contributed by atoms with Gasteiger partial charge in [0.1, 0.15) is 12.1 Å². The minimum atomic E-state index is -1.50. The van der Waals surface area contributed by atoms with Crippen molar-refractivity contribution in [3.8, 4) is 0 Å². The van der Waals surface area contributed by atoms with Crippen LogP contribution >= 0.6 is 47.0 Å². The Morgan fingerprint density at radius 2 is 1.04 bits per heavy atom. The quantitative estimate of drug-likeness (QED) is 0.0808. The minimum Gasteiger partial charge on any atom is -0.400 e. The molecule has 0 aromatic heterocycles. The number of amides is 6. The smallest absolute Gasteiger partial charge is 0.251 e. The van der Waals surface area contributed by atoms with E-state index in [4.69, 9.17) is 5.11 Å². The molecule has 4 saturated heterocycles. The van der Waals surface area contributed by atoms with Gasteiger partial charge in [0.05, 0.1) is 45.4 Å². The van der Waals surface area contributed by atoms with Crippen molar-refractivity contribution in [3.05, 3.63) is 71.8 Å². The number of likely N-dealkylation sites (N-methyl/N-ethyl adjacent to an activating group) is 1. The van der Waals surface area contributed by atoms with Crippen LogP contribution in [0.5, 0.6) is 0 Å². The van der Waals surface area contributed by atoms with E-state index in [0.717, 1.165) is 49.6 Å². The molecule has 2 aromatic carbocycles. The van der Waals surface area contributed by atoms with Crippen LogP contribution in [0.2, 0.25) is 0 Å². The summed E-state index contributed by atoms with van der Waals surface area (Å²) in [6.07, 6.45) is 0.556. The van der Waals surface area contributed by atoms with E-state index in [0.29, 0.717) is 43.2 Å². The predicted octanol–water partition coefficient (Wildman–Crippen LogP) is 2.05. The summed E-state index contributed by atoms with van der Waals surface area (Å²) in [6, 6.07) is 13.8. The molecule has 4 aliphatic rings. The molecule has 6 rings (SSSR count). The van der Waals surface area contributed by atoms with Crippen LogP contribution in [0.3, 0.4) is 0 Å². The monoisotopic (exact) mass is 1110 g/mol. The van der Waals surface area contributed by atoms with Gasteiger partial charge in [0, 0.05) is 43.2 Å². The summed E-state index contributed by atoms with van der Waals surface area (Å²) in [5, 5.41) is 47.4. The Hall–Kier alpha value is -4.20. The molecule has 8 atom stereocenters. The zero-order chi connectivity index (χ0) is 53.7. The first-order valence-electron chi connectivity index (χ1n) is 24.6. The molecule has 2 spiro atoms.